The summed E-state index contributed by atoms with van der Waals surface area (Å²) < 4.78 is 0. The minimum absolute atomic E-state index is 0.0393. The molecule has 2 aromatic carbocycles. The number of benzene rings is 2. The zero-order valence-corrected chi connectivity index (χ0v) is 11.0. The van der Waals surface area contributed by atoms with Crippen LogP contribution in [0, 0.1) is 0 Å². The fourth-order valence-electron chi connectivity index (χ4n) is 3.44. The van der Waals surface area contributed by atoms with Crippen molar-refractivity contribution in [3.8, 4) is 0 Å². The van der Waals surface area contributed by atoms with Gasteiger partial charge in [-0.25, -0.2) is 0 Å². The van der Waals surface area contributed by atoms with Gasteiger partial charge in [-0.3, -0.25) is 4.79 Å². The first kappa shape index (κ1) is 11.7. The van der Waals surface area contributed by atoms with Crippen molar-refractivity contribution in [1.29, 1.82) is 0 Å². The van der Waals surface area contributed by atoms with Gasteiger partial charge in [0.25, 0.3) is 5.91 Å². The van der Waals surface area contributed by atoms with Gasteiger partial charge in [0.05, 0.1) is 6.04 Å². The van der Waals surface area contributed by atoms with Gasteiger partial charge in [-0.05, 0) is 29.2 Å². The second-order valence-corrected chi connectivity index (χ2v) is 5.42. The topological polar surface area (TPSA) is 40.5 Å². The molecule has 0 saturated heterocycles. The van der Waals surface area contributed by atoms with Crippen LogP contribution in [0.3, 0.4) is 0 Å². The van der Waals surface area contributed by atoms with Crippen molar-refractivity contribution in [2.75, 3.05) is 6.54 Å². The van der Waals surface area contributed by atoms with Crippen LogP contribution in [0.15, 0.2) is 48.5 Å². The van der Waals surface area contributed by atoms with Crippen molar-refractivity contribution in [3.05, 3.63) is 70.8 Å². The molecule has 0 aromatic heterocycles. The van der Waals surface area contributed by atoms with Gasteiger partial charge in [0.15, 0.2) is 0 Å². The highest BCUT2D eigenvalue weighted by Crippen LogP contribution is 2.44. The summed E-state index contributed by atoms with van der Waals surface area (Å²) in [4.78, 5) is 14.3. The lowest BCUT2D eigenvalue weighted by atomic mass is 9.93. The molecule has 3 heteroatoms. The average molecular weight is 265 g/mol. The third-order valence-electron chi connectivity index (χ3n) is 4.40. The maximum Gasteiger partial charge on any atom is 0.254 e. The molecule has 4 rings (SSSR count). The Morgan fingerprint density at radius 3 is 2.55 bits per heavy atom. The summed E-state index contributed by atoms with van der Waals surface area (Å²) in [6.07, 6.45) is 0.144. The number of hydrogen-bond donors (Lipinski definition) is 1. The average Bonchev–Trinajstić information content (AvgIpc) is 2.68. The molecule has 2 aliphatic heterocycles. The smallest absolute Gasteiger partial charge is 0.254 e. The second kappa shape index (κ2) is 4.18. The highest BCUT2D eigenvalue weighted by molar-refractivity contribution is 5.99. The molecule has 0 unspecified atom stereocenters. The molecule has 0 spiro atoms. The zero-order valence-electron chi connectivity index (χ0n) is 11.0. The molecule has 1 N–H and O–H groups in total. The van der Waals surface area contributed by atoms with Crippen molar-refractivity contribution >= 4 is 5.91 Å². The fraction of sp³-hybridized carbons (Fsp3) is 0.235. The van der Waals surface area contributed by atoms with Crippen LogP contribution in [0.2, 0.25) is 0 Å². The number of aliphatic hydroxyl groups is 1. The van der Waals surface area contributed by atoms with Crippen LogP contribution < -0.4 is 0 Å². The van der Waals surface area contributed by atoms with Crippen molar-refractivity contribution in [3.63, 3.8) is 0 Å². The Balaban J connectivity index is 1.89. The number of carbonyl (C=O) groups excluding carboxylic acids is 1. The van der Waals surface area contributed by atoms with Crippen LogP contribution >= 0.6 is 0 Å². The Bertz CT molecular complexity index is 695. The summed E-state index contributed by atoms with van der Waals surface area (Å²) in [5.41, 5.74) is 3.77. The Labute approximate surface area is 117 Å². The Hall–Kier alpha value is -2.13. The van der Waals surface area contributed by atoms with E-state index in [0.29, 0.717) is 6.54 Å². The summed E-state index contributed by atoms with van der Waals surface area (Å²) >= 11 is 0. The molecule has 0 saturated carbocycles. The highest BCUT2D eigenvalue weighted by atomic mass is 16.3. The minimum atomic E-state index is -0.652. The molecule has 3 nitrogen and oxygen atoms in total. The number of fused-ring (bicyclic) bond motifs is 4. The van der Waals surface area contributed by atoms with E-state index in [4.69, 9.17) is 0 Å². The largest absolute Gasteiger partial charge is 0.386 e. The first-order valence-electron chi connectivity index (χ1n) is 6.93. The zero-order chi connectivity index (χ0) is 13.7. The second-order valence-electron chi connectivity index (χ2n) is 5.42. The van der Waals surface area contributed by atoms with Crippen LogP contribution in [-0.4, -0.2) is 22.5 Å². The first-order chi connectivity index (χ1) is 9.77. The SMILES string of the molecule is O=C1c2ccccc2[C@@H]2[C@@H](O)c3ccccc3CCN12. The van der Waals surface area contributed by atoms with Crippen LogP contribution in [0.1, 0.15) is 39.2 Å². The van der Waals surface area contributed by atoms with E-state index in [0.717, 1.165) is 28.7 Å². The summed E-state index contributed by atoms with van der Waals surface area (Å²) in [6, 6.07) is 15.3. The number of amides is 1. The quantitative estimate of drug-likeness (QED) is 0.795. The molecule has 0 fully saturated rings. The van der Waals surface area contributed by atoms with Crippen LogP contribution in [-0.2, 0) is 6.42 Å². The molecule has 20 heavy (non-hydrogen) atoms. The van der Waals surface area contributed by atoms with E-state index in [1.54, 1.807) is 0 Å². The molecular weight excluding hydrogens is 250 g/mol. The van der Waals surface area contributed by atoms with Gasteiger partial charge in [0, 0.05) is 12.1 Å². The fourth-order valence-corrected chi connectivity index (χ4v) is 3.44. The van der Waals surface area contributed by atoms with Crippen molar-refractivity contribution in [2.45, 2.75) is 18.6 Å². The predicted octanol–water partition coefficient (Wildman–Crippen LogP) is 2.47. The minimum Gasteiger partial charge on any atom is -0.386 e. The van der Waals surface area contributed by atoms with E-state index in [1.807, 2.05) is 53.4 Å². The Morgan fingerprint density at radius 1 is 1.00 bits per heavy atom. The summed E-state index contributed by atoms with van der Waals surface area (Å²) in [7, 11) is 0. The van der Waals surface area contributed by atoms with Crippen molar-refractivity contribution in [1.82, 2.24) is 4.90 Å². The number of nitrogens with zero attached hydrogens (tertiary/aromatic N) is 1. The van der Waals surface area contributed by atoms with E-state index in [9.17, 15) is 9.90 Å². The van der Waals surface area contributed by atoms with E-state index >= 15 is 0 Å². The van der Waals surface area contributed by atoms with Gasteiger partial charge in [0.2, 0.25) is 0 Å². The Kier molecular flexibility index (Phi) is 2.44. The molecule has 1 amide bonds. The number of carbonyl (C=O) groups is 1. The lowest BCUT2D eigenvalue weighted by Crippen LogP contribution is -2.31. The summed E-state index contributed by atoms with van der Waals surface area (Å²) in [5, 5.41) is 10.8. The third-order valence-corrected chi connectivity index (χ3v) is 4.40. The van der Waals surface area contributed by atoms with Gasteiger partial charge in [-0.1, -0.05) is 42.5 Å². The molecule has 100 valence electrons. The van der Waals surface area contributed by atoms with E-state index in [2.05, 4.69) is 0 Å². The van der Waals surface area contributed by atoms with E-state index < -0.39 is 6.10 Å². The van der Waals surface area contributed by atoms with Crippen molar-refractivity contribution < 1.29 is 9.90 Å². The van der Waals surface area contributed by atoms with Crippen molar-refractivity contribution in [2.24, 2.45) is 0 Å². The standard InChI is InChI=1S/C17H15NO2/c19-16-12-6-2-1-5-11(12)9-10-18-15(16)13-7-3-4-8-14(13)17(18)20/h1-8,15-16,19H,9-10H2/t15-,16+/m1/s1. The molecule has 2 aromatic rings. The molecule has 2 aliphatic rings. The van der Waals surface area contributed by atoms with Crippen LogP contribution in [0.25, 0.3) is 0 Å². The maximum absolute atomic E-state index is 12.5. The number of rotatable bonds is 0. The summed E-state index contributed by atoms with van der Waals surface area (Å²) in [6.45, 7) is 0.659. The maximum atomic E-state index is 12.5. The van der Waals surface area contributed by atoms with Gasteiger partial charge in [-0.15, -0.1) is 0 Å². The van der Waals surface area contributed by atoms with Gasteiger partial charge in [0.1, 0.15) is 6.10 Å². The molecule has 0 bridgehead atoms. The molecule has 2 atom stereocenters. The lowest BCUT2D eigenvalue weighted by molar-refractivity contribution is 0.0464. The molecule has 2 heterocycles. The van der Waals surface area contributed by atoms with E-state index in [-0.39, 0.29) is 11.9 Å². The first-order valence-corrected chi connectivity index (χ1v) is 6.93. The predicted molar refractivity (Wildman–Crippen MR) is 75.3 cm³/mol. The van der Waals surface area contributed by atoms with Crippen LogP contribution in [0.4, 0.5) is 0 Å². The highest BCUT2D eigenvalue weighted by Gasteiger charge is 2.42. The molecule has 0 aliphatic carbocycles. The van der Waals surface area contributed by atoms with Gasteiger partial charge >= 0.3 is 0 Å². The monoisotopic (exact) mass is 265 g/mol. The summed E-state index contributed by atoms with van der Waals surface area (Å²) in [5.74, 6) is 0.0393. The lowest BCUT2D eigenvalue weighted by Gasteiger charge is -2.26. The molecule has 0 radical (unpaired) electrons. The van der Waals surface area contributed by atoms with Gasteiger partial charge in [-0.2, -0.15) is 0 Å². The number of hydrogen-bond acceptors (Lipinski definition) is 2. The Morgan fingerprint density at radius 2 is 1.70 bits per heavy atom. The third kappa shape index (κ3) is 1.47. The van der Waals surface area contributed by atoms with E-state index in [1.165, 1.54) is 0 Å². The van der Waals surface area contributed by atoms with Crippen LogP contribution in [0.5, 0.6) is 0 Å². The molecular formula is C17H15NO2. The van der Waals surface area contributed by atoms with Gasteiger partial charge < -0.3 is 10.0 Å². The normalized spacial score (nSPS) is 23.9. The number of aliphatic hydroxyl groups excluding tert-OH is 1.